The summed E-state index contributed by atoms with van der Waals surface area (Å²) in [5.41, 5.74) is 3.79. The lowest BCUT2D eigenvalue weighted by Gasteiger charge is -2.15. The zero-order valence-electron chi connectivity index (χ0n) is 13.8. The van der Waals surface area contributed by atoms with E-state index in [1.54, 1.807) is 10.7 Å². The van der Waals surface area contributed by atoms with Crippen LogP contribution in [0.5, 0.6) is 0 Å². The van der Waals surface area contributed by atoms with E-state index in [2.05, 4.69) is 21.0 Å². The Balaban J connectivity index is 1.57. The summed E-state index contributed by atoms with van der Waals surface area (Å²) in [6.07, 6.45) is 3.47. The number of benzene rings is 1. The van der Waals surface area contributed by atoms with Crippen molar-refractivity contribution in [1.82, 2.24) is 19.9 Å². The van der Waals surface area contributed by atoms with Crippen LogP contribution in [-0.2, 0) is 17.6 Å². The number of rotatable bonds is 4. The van der Waals surface area contributed by atoms with Gasteiger partial charge in [0.2, 0.25) is 5.91 Å². The van der Waals surface area contributed by atoms with Crippen LogP contribution in [-0.4, -0.2) is 40.1 Å². The first kappa shape index (κ1) is 15.6. The quantitative estimate of drug-likeness (QED) is 0.672. The average molecular weight is 336 g/mol. The SMILES string of the molecule is O=C(CNc1c2c(nc3ccnn13)CCNCC2)Nc1ccccc1. The fourth-order valence-corrected chi connectivity index (χ4v) is 3.11. The number of anilines is 2. The second-order valence-electron chi connectivity index (χ2n) is 6.00. The van der Waals surface area contributed by atoms with Crippen molar-refractivity contribution in [3.05, 3.63) is 53.9 Å². The molecule has 0 fully saturated rings. The second kappa shape index (κ2) is 6.90. The highest BCUT2D eigenvalue weighted by Gasteiger charge is 2.18. The molecule has 2 aromatic heterocycles. The molecule has 3 N–H and O–H groups in total. The fraction of sp³-hybridized carbons (Fsp3) is 0.278. The summed E-state index contributed by atoms with van der Waals surface area (Å²) in [7, 11) is 0. The van der Waals surface area contributed by atoms with E-state index in [1.165, 1.54) is 0 Å². The van der Waals surface area contributed by atoms with Gasteiger partial charge in [-0.2, -0.15) is 9.61 Å². The Bertz CT molecular complexity index is 889. The number of amides is 1. The number of nitrogens with one attached hydrogen (secondary N) is 3. The molecule has 4 rings (SSSR count). The van der Waals surface area contributed by atoms with Gasteiger partial charge >= 0.3 is 0 Å². The van der Waals surface area contributed by atoms with Crippen molar-refractivity contribution in [1.29, 1.82) is 0 Å². The van der Waals surface area contributed by atoms with Crippen LogP contribution in [0.3, 0.4) is 0 Å². The maximum atomic E-state index is 12.3. The summed E-state index contributed by atoms with van der Waals surface area (Å²) < 4.78 is 1.78. The van der Waals surface area contributed by atoms with Crippen LogP contribution >= 0.6 is 0 Å². The Morgan fingerprint density at radius 2 is 2.00 bits per heavy atom. The van der Waals surface area contributed by atoms with Gasteiger partial charge in [0, 0.05) is 30.3 Å². The van der Waals surface area contributed by atoms with Crippen LogP contribution in [0.2, 0.25) is 0 Å². The van der Waals surface area contributed by atoms with E-state index in [4.69, 9.17) is 4.98 Å². The lowest BCUT2D eigenvalue weighted by Crippen LogP contribution is -2.24. The molecular weight excluding hydrogens is 316 g/mol. The standard InChI is InChI=1S/C18H20N6O/c25-17(22-13-4-2-1-3-5-13)12-20-18-14-6-9-19-10-7-15(14)23-16-8-11-21-24(16)18/h1-5,8,11,19-20H,6-7,9-10,12H2,(H,22,25). The highest BCUT2D eigenvalue weighted by atomic mass is 16.1. The third kappa shape index (κ3) is 3.32. The molecule has 1 aromatic carbocycles. The molecule has 0 atom stereocenters. The van der Waals surface area contributed by atoms with Crippen LogP contribution < -0.4 is 16.0 Å². The second-order valence-corrected chi connectivity index (χ2v) is 6.00. The maximum absolute atomic E-state index is 12.3. The molecule has 0 unspecified atom stereocenters. The van der Waals surface area contributed by atoms with Crippen LogP contribution in [0, 0.1) is 0 Å². The number of nitrogens with zero attached hydrogens (tertiary/aromatic N) is 3. The number of fused-ring (bicyclic) bond motifs is 2. The third-order valence-electron chi connectivity index (χ3n) is 4.28. The third-order valence-corrected chi connectivity index (χ3v) is 4.28. The summed E-state index contributed by atoms with van der Waals surface area (Å²) in [6.45, 7) is 1.98. The largest absolute Gasteiger partial charge is 0.361 e. The van der Waals surface area contributed by atoms with Crippen molar-refractivity contribution in [2.24, 2.45) is 0 Å². The number of aromatic nitrogens is 3. The topological polar surface area (TPSA) is 83.4 Å². The fourth-order valence-electron chi connectivity index (χ4n) is 3.11. The minimum absolute atomic E-state index is 0.0937. The first-order valence-corrected chi connectivity index (χ1v) is 8.46. The molecule has 0 bridgehead atoms. The lowest BCUT2D eigenvalue weighted by atomic mass is 10.1. The van der Waals surface area contributed by atoms with E-state index in [1.807, 2.05) is 36.4 Å². The van der Waals surface area contributed by atoms with Gasteiger partial charge in [-0.3, -0.25) is 4.79 Å². The number of para-hydroxylation sites is 1. The van der Waals surface area contributed by atoms with Crippen LogP contribution in [0.1, 0.15) is 11.3 Å². The Morgan fingerprint density at radius 3 is 2.88 bits per heavy atom. The lowest BCUT2D eigenvalue weighted by molar-refractivity contribution is -0.114. The Kier molecular flexibility index (Phi) is 4.30. The molecule has 7 nitrogen and oxygen atoms in total. The molecule has 3 heterocycles. The molecule has 128 valence electrons. The van der Waals surface area contributed by atoms with Crippen molar-refractivity contribution in [2.45, 2.75) is 12.8 Å². The van der Waals surface area contributed by atoms with Gasteiger partial charge in [-0.1, -0.05) is 18.2 Å². The van der Waals surface area contributed by atoms with E-state index in [0.717, 1.165) is 54.3 Å². The maximum Gasteiger partial charge on any atom is 0.243 e. The first-order valence-electron chi connectivity index (χ1n) is 8.46. The monoisotopic (exact) mass is 336 g/mol. The van der Waals surface area contributed by atoms with E-state index < -0.39 is 0 Å². The summed E-state index contributed by atoms with van der Waals surface area (Å²) in [4.78, 5) is 17.0. The zero-order chi connectivity index (χ0) is 17.1. The molecular formula is C18H20N6O. The first-order chi connectivity index (χ1) is 12.3. The van der Waals surface area contributed by atoms with Gasteiger partial charge in [-0.15, -0.1) is 0 Å². The van der Waals surface area contributed by atoms with Crippen molar-refractivity contribution >= 4 is 23.1 Å². The van der Waals surface area contributed by atoms with Crippen LogP contribution in [0.25, 0.3) is 5.65 Å². The van der Waals surface area contributed by atoms with Crippen molar-refractivity contribution < 1.29 is 4.79 Å². The molecule has 0 saturated heterocycles. The predicted octanol–water partition coefficient (Wildman–Crippen LogP) is 1.47. The molecule has 7 heteroatoms. The van der Waals surface area contributed by atoms with Crippen molar-refractivity contribution in [3.63, 3.8) is 0 Å². The summed E-state index contributed by atoms with van der Waals surface area (Å²) >= 11 is 0. The number of hydrogen-bond donors (Lipinski definition) is 3. The minimum Gasteiger partial charge on any atom is -0.361 e. The Hall–Kier alpha value is -2.93. The van der Waals surface area contributed by atoms with Crippen molar-refractivity contribution in [2.75, 3.05) is 30.3 Å². The molecule has 1 aliphatic heterocycles. The molecule has 0 spiro atoms. The van der Waals surface area contributed by atoms with E-state index in [-0.39, 0.29) is 12.5 Å². The van der Waals surface area contributed by atoms with Gasteiger partial charge in [0.25, 0.3) is 0 Å². The van der Waals surface area contributed by atoms with Crippen molar-refractivity contribution in [3.8, 4) is 0 Å². The molecule has 1 amide bonds. The molecule has 1 aliphatic rings. The number of carbonyl (C=O) groups excluding carboxylic acids is 1. The molecule has 0 radical (unpaired) electrons. The predicted molar refractivity (Wildman–Crippen MR) is 96.8 cm³/mol. The van der Waals surface area contributed by atoms with Gasteiger partial charge < -0.3 is 16.0 Å². The van der Waals surface area contributed by atoms with Gasteiger partial charge in [-0.25, -0.2) is 4.98 Å². The van der Waals surface area contributed by atoms with Crippen LogP contribution in [0.15, 0.2) is 42.6 Å². The van der Waals surface area contributed by atoms with Gasteiger partial charge in [0.1, 0.15) is 5.82 Å². The Morgan fingerprint density at radius 1 is 1.16 bits per heavy atom. The molecule has 3 aromatic rings. The van der Waals surface area contributed by atoms with Gasteiger partial charge in [0.15, 0.2) is 5.65 Å². The van der Waals surface area contributed by atoms with E-state index in [9.17, 15) is 4.79 Å². The highest BCUT2D eigenvalue weighted by Crippen LogP contribution is 2.22. The molecule has 0 saturated carbocycles. The normalized spacial score (nSPS) is 13.9. The van der Waals surface area contributed by atoms with Gasteiger partial charge in [-0.05, 0) is 25.1 Å². The average Bonchev–Trinajstić information content (AvgIpc) is 2.96. The Labute approximate surface area is 145 Å². The zero-order valence-corrected chi connectivity index (χ0v) is 13.8. The minimum atomic E-state index is -0.0937. The smallest absolute Gasteiger partial charge is 0.243 e. The molecule has 25 heavy (non-hydrogen) atoms. The summed E-state index contributed by atoms with van der Waals surface area (Å²) in [5, 5.41) is 13.9. The highest BCUT2D eigenvalue weighted by molar-refractivity contribution is 5.93. The van der Waals surface area contributed by atoms with E-state index >= 15 is 0 Å². The van der Waals surface area contributed by atoms with Crippen LogP contribution in [0.4, 0.5) is 11.5 Å². The number of hydrogen-bond acceptors (Lipinski definition) is 5. The summed E-state index contributed by atoms with van der Waals surface area (Å²) in [6, 6.07) is 11.3. The van der Waals surface area contributed by atoms with Gasteiger partial charge in [0.05, 0.1) is 18.4 Å². The molecule has 0 aliphatic carbocycles. The number of carbonyl (C=O) groups is 1. The summed E-state index contributed by atoms with van der Waals surface area (Å²) in [5.74, 6) is 0.765. The van der Waals surface area contributed by atoms with E-state index in [0.29, 0.717) is 0 Å².